The Morgan fingerprint density at radius 3 is 2.58 bits per heavy atom. The average molecular weight is 482 g/mol. The smallest absolute Gasteiger partial charge is 0.267 e. The number of rotatable bonds is 5. The fourth-order valence-corrected chi connectivity index (χ4v) is 5.54. The van der Waals surface area contributed by atoms with Crippen LogP contribution in [0.2, 0.25) is 0 Å². The van der Waals surface area contributed by atoms with Crippen LogP contribution in [0.3, 0.4) is 0 Å². The molecule has 1 aromatic carbocycles. The van der Waals surface area contributed by atoms with Crippen LogP contribution in [0.1, 0.15) is 46.4 Å². The van der Waals surface area contributed by atoms with Crippen molar-refractivity contribution in [2.75, 3.05) is 13.2 Å². The van der Waals surface area contributed by atoms with Gasteiger partial charge in [0.25, 0.3) is 5.91 Å². The van der Waals surface area contributed by atoms with Gasteiger partial charge < -0.3 is 19.6 Å². The first-order chi connectivity index (χ1) is 17.5. The van der Waals surface area contributed by atoms with E-state index in [2.05, 4.69) is 40.1 Å². The number of aromatic nitrogens is 4. The Bertz CT molecular complexity index is 1560. The maximum atomic E-state index is 12.1. The largest absolute Gasteiger partial charge is 0.381 e. The minimum absolute atomic E-state index is 0.0209. The van der Waals surface area contributed by atoms with Gasteiger partial charge in [-0.05, 0) is 56.4 Å². The van der Waals surface area contributed by atoms with E-state index < -0.39 is 5.91 Å². The highest BCUT2D eigenvalue weighted by Crippen LogP contribution is 2.41. The lowest BCUT2D eigenvalue weighted by Gasteiger charge is -2.32. The Kier molecular flexibility index (Phi) is 5.53. The van der Waals surface area contributed by atoms with E-state index in [0.29, 0.717) is 24.8 Å². The molecule has 0 radical (unpaired) electrons. The van der Waals surface area contributed by atoms with Crippen LogP contribution in [-0.4, -0.2) is 38.8 Å². The molecule has 2 N–H and O–H groups in total. The zero-order valence-electron chi connectivity index (χ0n) is 20.3. The molecule has 5 heterocycles. The van der Waals surface area contributed by atoms with Crippen molar-refractivity contribution >= 4 is 28.0 Å². The highest BCUT2D eigenvalue weighted by atomic mass is 16.5. The molecule has 5 aromatic rings. The van der Waals surface area contributed by atoms with Gasteiger partial charge in [-0.25, -0.2) is 4.98 Å². The molecule has 4 aromatic heterocycles. The number of hydrogen-bond donors (Lipinski definition) is 1. The minimum atomic E-state index is -0.555. The summed E-state index contributed by atoms with van der Waals surface area (Å²) in [4.78, 5) is 21.8. The molecule has 1 unspecified atom stereocenters. The Balaban J connectivity index is 1.69. The average Bonchev–Trinajstić information content (AvgIpc) is 3.41. The van der Waals surface area contributed by atoms with Crippen LogP contribution in [0.25, 0.3) is 33.2 Å². The van der Waals surface area contributed by atoms with E-state index in [1.165, 1.54) is 5.56 Å². The van der Waals surface area contributed by atoms with Crippen LogP contribution in [0, 0.1) is 19.8 Å². The summed E-state index contributed by atoms with van der Waals surface area (Å²) in [6, 6.07) is 16.1. The Morgan fingerprint density at radius 2 is 1.89 bits per heavy atom. The number of fused-ring (bicyclic) bond motifs is 3. The number of hydrogen-bond acceptors (Lipinski definition) is 6. The molecule has 182 valence electrons. The highest BCUT2D eigenvalue weighted by molar-refractivity contribution is 6.06. The van der Waals surface area contributed by atoms with Crippen LogP contribution in [0.5, 0.6) is 0 Å². The second kappa shape index (κ2) is 8.87. The van der Waals surface area contributed by atoms with Gasteiger partial charge in [0, 0.05) is 35.9 Å². The number of nitrogens with zero attached hydrogens (tertiary/aromatic N) is 4. The van der Waals surface area contributed by atoms with Crippen molar-refractivity contribution < 1.29 is 14.1 Å². The summed E-state index contributed by atoms with van der Waals surface area (Å²) >= 11 is 0. The number of ether oxygens (including phenoxy) is 1. The molecule has 0 spiro atoms. The molecular weight excluding hydrogens is 454 g/mol. The lowest BCUT2D eigenvalue weighted by atomic mass is 9.86. The van der Waals surface area contributed by atoms with E-state index in [1.54, 1.807) is 6.07 Å². The van der Waals surface area contributed by atoms with Crippen molar-refractivity contribution in [2.24, 2.45) is 11.7 Å². The molecule has 1 amide bonds. The van der Waals surface area contributed by atoms with Gasteiger partial charge in [-0.1, -0.05) is 35.5 Å². The summed E-state index contributed by atoms with van der Waals surface area (Å²) in [5.41, 5.74) is 12.2. The Labute approximate surface area is 208 Å². The first kappa shape index (κ1) is 22.4. The first-order valence-corrected chi connectivity index (χ1v) is 12.2. The van der Waals surface area contributed by atoms with Gasteiger partial charge >= 0.3 is 0 Å². The maximum Gasteiger partial charge on any atom is 0.267 e. The van der Waals surface area contributed by atoms with E-state index in [4.69, 9.17) is 25.0 Å². The van der Waals surface area contributed by atoms with Crippen LogP contribution in [0.15, 0.2) is 59.3 Å². The molecule has 1 atom stereocenters. The molecule has 0 saturated carbocycles. The zero-order valence-corrected chi connectivity index (χ0v) is 20.3. The van der Waals surface area contributed by atoms with Crippen molar-refractivity contribution in [3.63, 3.8) is 0 Å². The number of pyridine rings is 2. The van der Waals surface area contributed by atoms with Crippen molar-refractivity contribution in [1.29, 1.82) is 0 Å². The number of carbonyl (C=O) groups excluding carboxylic acids is 1. The number of benzene rings is 1. The predicted molar refractivity (Wildman–Crippen MR) is 137 cm³/mol. The maximum absolute atomic E-state index is 12.1. The number of primary amides is 1. The molecule has 1 aliphatic heterocycles. The molecule has 1 saturated heterocycles. The molecule has 0 bridgehead atoms. The van der Waals surface area contributed by atoms with E-state index >= 15 is 0 Å². The summed E-state index contributed by atoms with van der Waals surface area (Å²) < 4.78 is 13.4. The van der Waals surface area contributed by atoms with Gasteiger partial charge in [0.1, 0.15) is 17.1 Å². The van der Waals surface area contributed by atoms with Crippen molar-refractivity contribution in [1.82, 2.24) is 19.7 Å². The van der Waals surface area contributed by atoms with Crippen LogP contribution >= 0.6 is 0 Å². The van der Waals surface area contributed by atoms with E-state index in [1.807, 2.05) is 32.2 Å². The fraction of sp³-hybridized carbons (Fsp3) is 0.286. The molecule has 36 heavy (non-hydrogen) atoms. The summed E-state index contributed by atoms with van der Waals surface area (Å²) in [7, 11) is 0. The third-order valence-corrected chi connectivity index (χ3v) is 7.19. The van der Waals surface area contributed by atoms with Gasteiger partial charge in [-0.15, -0.1) is 0 Å². The van der Waals surface area contributed by atoms with E-state index in [0.717, 1.165) is 51.8 Å². The highest BCUT2D eigenvalue weighted by Gasteiger charge is 2.31. The minimum Gasteiger partial charge on any atom is -0.381 e. The molecular formula is C28H27N5O3. The fourth-order valence-electron chi connectivity index (χ4n) is 5.54. The van der Waals surface area contributed by atoms with Crippen LogP contribution in [-0.2, 0) is 4.74 Å². The SMILES string of the molecule is Cc1noc(C)c1-c1cnc2c3ccc(C(N)=O)nc3n(C(c3ccccc3)C3CCOCC3)c2c1. The van der Waals surface area contributed by atoms with Crippen LogP contribution < -0.4 is 5.73 Å². The topological polar surface area (TPSA) is 109 Å². The summed E-state index contributed by atoms with van der Waals surface area (Å²) in [6.45, 7) is 5.27. The quantitative estimate of drug-likeness (QED) is 0.380. The van der Waals surface area contributed by atoms with Gasteiger partial charge in [0.2, 0.25) is 0 Å². The number of amides is 1. The van der Waals surface area contributed by atoms with E-state index in [-0.39, 0.29) is 11.7 Å². The second-order valence-electron chi connectivity index (χ2n) is 9.40. The monoisotopic (exact) mass is 481 g/mol. The van der Waals surface area contributed by atoms with Crippen molar-refractivity contribution in [2.45, 2.75) is 32.7 Å². The van der Waals surface area contributed by atoms with Crippen molar-refractivity contribution in [3.8, 4) is 11.1 Å². The van der Waals surface area contributed by atoms with E-state index in [9.17, 15) is 4.79 Å². The predicted octanol–water partition coefficient (Wildman–Crippen LogP) is 4.97. The van der Waals surface area contributed by atoms with Gasteiger partial charge in [0.05, 0.1) is 22.8 Å². The molecule has 8 nitrogen and oxygen atoms in total. The van der Waals surface area contributed by atoms with Crippen molar-refractivity contribution in [3.05, 3.63) is 77.4 Å². The number of nitrogens with two attached hydrogens (primary N) is 1. The van der Waals surface area contributed by atoms with Gasteiger partial charge in [-0.3, -0.25) is 9.78 Å². The molecule has 1 aliphatic rings. The molecule has 6 rings (SSSR count). The summed E-state index contributed by atoms with van der Waals surface area (Å²) in [6.07, 6.45) is 3.70. The molecule has 8 heteroatoms. The van der Waals surface area contributed by atoms with Gasteiger partial charge in [0.15, 0.2) is 0 Å². The first-order valence-electron chi connectivity index (χ1n) is 12.2. The number of aryl methyl sites for hydroxylation is 2. The van der Waals surface area contributed by atoms with Crippen LogP contribution in [0.4, 0.5) is 0 Å². The third-order valence-electron chi connectivity index (χ3n) is 7.19. The lowest BCUT2D eigenvalue weighted by molar-refractivity contribution is 0.0552. The second-order valence-corrected chi connectivity index (χ2v) is 9.40. The standard InChI is InChI=1S/C28H27N5O3/c1-16-24(17(2)36-32-16)20-14-23-25(30-15-20)21-8-9-22(27(29)34)31-28(21)33(23)26(18-6-4-3-5-7-18)19-10-12-35-13-11-19/h3-9,14-15,19,26H,10-13H2,1-2H3,(H2,29,34). The Morgan fingerprint density at radius 1 is 1.11 bits per heavy atom. The van der Waals surface area contributed by atoms with Gasteiger partial charge in [-0.2, -0.15) is 0 Å². The molecule has 1 fully saturated rings. The molecule has 0 aliphatic carbocycles. The summed E-state index contributed by atoms with van der Waals surface area (Å²) in [5.74, 6) is 0.511. The number of carbonyl (C=O) groups is 1. The lowest BCUT2D eigenvalue weighted by Crippen LogP contribution is -2.27. The third kappa shape index (κ3) is 3.65. The summed E-state index contributed by atoms with van der Waals surface area (Å²) in [5, 5.41) is 5.02. The normalized spacial score (nSPS) is 15.5. The zero-order chi connectivity index (χ0) is 24.8. The Hall–Kier alpha value is -4.04.